The first kappa shape index (κ1) is 22.7. The third-order valence-corrected chi connectivity index (χ3v) is 5.49. The SMILES string of the molecule is COc1ccc([C@H]2C[C@H](C(F)(F)F)n3ncc(C(=O)Nc4ccc(Cl)cn4)c3N2)cc1OC. The van der Waals surface area contributed by atoms with Crippen molar-refractivity contribution < 1.29 is 27.4 Å². The Labute approximate surface area is 191 Å². The van der Waals surface area contributed by atoms with E-state index in [4.69, 9.17) is 21.1 Å². The summed E-state index contributed by atoms with van der Waals surface area (Å²) in [7, 11) is 2.91. The number of carbonyl (C=O) groups excluding carboxylic acids is 1. The molecule has 0 bridgehead atoms. The number of nitrogens with one attached hydrogen (secondary N) is 2. The van der Waals surface area contributed by atoms with E-state index in [0.29, 0.717) is 22.1 Å². The zero-order chi connectivity index (χ0) is 23.8. The fraction of sp³-hybridized carbons (Fsp3) is 0.286. The van der Waals surface area contributed by atoms with Crippen molar-refractivity contribution in [2.75, 3.05) is 24.9 Å². The first-order valence-electron chi connectivity index (χ1n) is 9.77. The van der Waals surface area contributed by atoms with Crippen LogP contribution in [-0.2, 0) is 0 Å². The number of ether oxygens (including phenoxy) is 2. The second-order valence-corrected chi connectivity index (χ2v) is 7.71. The monoisotopic (exact) mass is 481 g/mol. The van der Waals surface area contributed by atoms with Crippen molar-refractivity contribution in [1.29, 1.82) is 0 Å². The average Bonchev–Trinajstić information content (AvgIpc) is 3.22. The third-order valence-electron chi connectivity index (χ3n) is 5.26. The van der Waals surface area contributed by atoms with Gasteiger partial charge in [-0.2, -0.15) is 18.3 Å². The predicted molar refractivity (Wildman–Crippen MR) is 115 cm³/mol. The zero-order valence-electron chi connectivity index (χ0n) is 17.5. The first-order valence-corrected chi connectivity index (χ1v) is 10.1. The second kappa shape index (κ2) is 8.81. The van der Waals surface area contributed by atoms with E-state index < -0.39 is 24.2 Å². The van der Waals surface area contributed by atoms with Crippen molar-refractivity contribution in [2.24, 2.45) is 0 Å². The molecule has 0 spiro atoms. The van der Waals surface area contributed by atoms with Crippen LogP contribution in [0.5, 0.6) is 11.5 Å². The number of hydrogen-bond acceptors (Lipinski definition) is 6. The summed E-state index contributed by atoms with van der Waals surface area (Å²) in [5.41, 5.74) is 0.492. The van der Waals surface area contributed by atoms with Crippen LogP contribution in [0.4, 0.5) is 24.8 Å². The molecule has 33 heavy (non-hydrogen) atoms. The summed E-state index contributed by atoms with van der Waals surface area (Å²) in [4.78, 5) is 16.8. The number of benzene rings is 1. The van der Waals surface area contributed by atoms with Crippen molar-refractivity contribution >= 4 is 29.1 Å². The number of hydrogen-bond donors (Lipinski definition) is 2. The van der Waals surface area contributed by atoms with E-state index >= 15 is 0 Å². The van der Waals surface area contributed by atoms with Gasteiger partial charge >= 0.3 is 6.18 Å². The quantitative estimate of drug-likeness (QED) is 0.541. The van der Waals surface area contributed by atoms with Gasteiger partial charge in [-0.15, -0.1) is 0 Å². The van der Waals surface area contributed by atoms with Gasteiger partial charge in [0, 0.05) is 12.6 Å². The van der Waals surface area contributed by atoms with Gasteiger partial charge in [0.2, 0.25) is 0 Å². The smallest absolute Gasteiger partial charge is 0.410 e. The molecule has 0 unspecified atom stereocenters. The van der Waals surface area contributed by atoms with E-state index in [1.54, 1.807) is 18.2 Å². The van der Waals surface area contributed by atoms with Crippen molar-refractivity contribution in [1.82, 2.24) is 14.8 Å². The Morgan fingerprint density at radius 1 is 1.18 bits per heavy atom. The molecule has 0 aliphatic carbocycles. The van der Waals surface area contributed by atoms with E-state index in [-0.39, 0.29) is 23.6 Å². The highest BCUT2D eigenvalue weighted by atomic mass is 35.5. The molecule has 3 aromatic rings. The lowest BCUT2D eigenvalue weighted by molar-refractivity contribution is -0.173. The standard InChI is InChI=1S/C21H19ClF3N5O3/c1-32-15-5-3-11(7-16(15)33-2)14-8-17(21(23,24)25)30-19(28-14)13(10-27-30)20(31)29-18-6-4-12(22)9-26-18/h3-7,9-10,14,17,28H,8H2,1-2H3,(H,26,29,31)/t14-,17-/m1/s1. The maximum absolute atomic E-state index is 13.9. The lowest BCUT2D eigenvalue weighted by atomic mass is 9.96. The number of halogens is 4. The highest BCUT2D eigenvalue weighted by Gasteiger charge is 2.47. The van der Waals surface area contributed by atoms with E-state index in [2.05, 4.69) is 20.7 Å². The maximum Gasteiger partial charge on any atom is 0.410 e. The van der Waals surface area contributed by atoms with Crippen molar-refractivity contribution in [3.8, 4) is 11.5 Å². The van der Waals surface area contributed by atoms with Gasteiger partial charge in [-0.05, 0) is 29.8 Å². The van der Waals surface area contributed by atoms with Gasteiger partial charge in [-0.3, -0.25) is 4.79 Å². The molecule has 2 aromatic heterocycles. The molecule has 3 heterocycles. The van der Waals surface area contributed by atoms with Gasteiger partial charge in [-0.25, -0.2) is 9.67 Å². The van der Waals surface area contributed by atoms with Crippen LogP contribution in [0.2, 0.25) is 5.02 Å². The van der Waals surface area contributed by atoms with Crippen LogP contribution in [0.1, 0.15) is 34.4 Å². The largest absolute Gasteiger partial charge is 0.493 e. The van der Waals surface area contributed by atoms with Gasteiger partial charge in [-0.1, -0.05) is 17.7 Å². The van der Waals surface area contributed by atoms with Crippen molar-refractivity contribution in [3.05, 3.63) is 58.9 Å². The number of methoxy groups -OCH3 is 2. The van der Waals surface area contributed by atoms with Crippen LogP contribution >= 0.6 is 11.6 Å². The van der Waals surface area contributed by atoms with Crippen LogP contribution in [0.3, 0.4) is 0 Å². The van der Waals surface area contributed by atoms with Crippen molar-refractivity contribution in [2.45, 2.75) is 24.7 Å². The molecule has 0 radical (unpaired) electrons. The molecule has 2 atom stereocenters. The number of carbonyl (C=O) groups is 1. The number of rotatable bonds is 5. The van der Waals surface area contributed by atoms with Crippen LogP contribution < -0.4 is 20.1 Å². The highest BCUT2D eigenvalue weighted by Crippen LogP contribution is 2.45. The van der Waals surface area contributed by atoms with Gasteiger partial charge in [0.1, 0.15) is 17.2 Å². The van der Waals surface area contributed by atoms with Gasteiger partial charge in [0.05, 0.1) is 31.5 Å². The van der Waals surface area contributed by atoms with E-state index in [9.17, 15) is 18.0 Å². The second-order valence-electron chi connectivity index (χ2n) is 7.27. The summed E-state index contributed by atoms with van der Waals surface area (Å²) >= 11 is 5.79. The Bertz CT molecular complexity index is 1170. The fourth-order valence-electron chi connectivity index (χ4n) is 3.65. The number of pyridine rings is 1. The minimum Gasteiger partial charge on any atom is -0.493 e. The van der Waals surface area contributed by atoms with Gasteiger partial charge < -0.3 is 20.1 Å². The summed E-state index contributed by atoms with van der Waals surface area (Å²) in [6.45, 7) is 0. The molecule has 1 aliphatic heterocycles. The summed E-state index contributed by atoms with van der Waals surface area (Å²) in [6.07, 6.45) is -2.46. The Morgan fingerprint density at radius 2 is 1.94 bits per heavy atom. The van der Waals surface area contributed by atoms with E-state index in [1.165, 1.54) is 32.5 Å². The summed E-state index contributed by atoms with van der Waals surface area (Å²) < 4.78 is 53.0. The minimum absolute atomic E-state index is 0.0465. The van der Waals surface area contributed by atoms with Gasteiger partial charge in [0.25, 0.3) is 5.91 Å². The van der Waals surface area contributed by atoms with Crippen LogP contribution in [0, 0.1) is 0 Å². The molecule has 4 rings (SSSR count). The summed E-state index contributed by atoms with van der Waals surface area (Å²) in [6, 6.07) is 5.19. The lowest BCUT2D eigenvalue weighted by Crippen LogP contribution is -2.36. The molecule has 1 aliphatic rings. The molecule has 12 heteroatoms. The van der Waals surface area contributed by atoms with Gasteiger partial charge in [0.15, 0.2) is 17.5 Å². The number of amides is 1. The zero-order valence-corrected chi connectivity index (χ0v) is 18.2. The molecule has 0 saturated carbocycles. The molecular formula is C21H19ClF3N5O3. The Hall–Kier alpha value is -3.47. The highest BCUT2D eigenvalue weighted by molar-refractivity contribution is 6.30. The fourth-order valence-corrected chi connectivity index (χ4v) is 3.76. The van der Waals surface area contributed by atoms with E-state index in [0.717, 1.165) is 10.9 Å². The molecule has 0 saturated heterocycles. The Balaban J connectivity index is 1.69. The average molecular weight is 482 g/mol. The van der Waals surface area contributed by atoms with Crippen LogP contribution in [0.25, 0.3) is 0 Å². The summed E-state index contributed by atoms with van der Waals surface area (Å²) in [5, 5.41) is 9.81. The lowest BCUT2D eigenvalue weighted by Gasteiger charge is -2.34. The van der Waals surface area contributed by atoms with E-state index in [1.807, 2.05) is 0 Å². The Kier molecular flexibility index (Phi) is 6.07. The molecule has 1 amide bonds. The number of alkyl halides is 3. The molecule has 1 aromatic carbocycles. The topological polar surface area (TPSA) is 90.3 Å². The summed E-state index contributed by atoms with van der Waals surface area (Å²) in [5.74, 6) is 0.322. The normalized spacial score (nSPS) is 17.6. The predicted octanol–water partition coefficient (Wildman–Crippen LogP) is 4.86. The molecule has 2 N–H and O–H groups in total. The number of nitrogens with zero attached hydrogens (tertiary/aromatic N) is 3. The van der Waals surface area contributed by atoms with Crippen molar-refractivity contribution in [3.63, 3.8) is 0 Å². The van der Waals surface area contributed by atoms with Crippen LogP contribution in [-0.4, -0.2) is 41.1 Å². The first-order chi connectivity index (χ1) is 15.7. The third kappa shape index (κ3) is 4.54. The van der Waals surface area contributed by atoms with Crippen LogP contribution in [0.15, 0.2) is 42.7 Å². The number of aromatic nitrogens is 3. The molecule has 0 fully saturated rings. The number of fused-ring (bicyclic) bond motifs is 1. The maximum atomic E-state index is 13.9. The molecular weight excluding hydrogens is 463 g/mol. The Morgan fingerprint density at radius 3 is 2.58 bits per heavy atom. The minimum atomic E-state index is -4.58. The molecule has 8 nitrogen and oxygen atoms in total. The number of anilines is 2. The molecule has 174 valence electrons.